The monoisotopic (exact) mass is 432 g/mol. The van der Waals surface area contributed by atoms with Crippen molar-refractivity contribution < 1.29 is 18.7 Å². The molecular weight excluding hydrogens is 415 g/mol. The first-order valence-corrected chi connectivity index (χ1v) is 10.3. The molecule has 0 radical (unpaired) electrons. The molecule has 0 atom stereocenters. The molecule has 0 fully saturated rings. The van der Waals surface area contributed by atoms with Crippen molar-refractivity contribution in [2.24, 2.45) is 0 Å². The van der Waals surface area contributed by atoms with E-state index in [-0.39, 0.29) is 5.56 Å². The van der Waals surface area contributed by atoms with Crippen molar-refractivity contribution in [2.75, 3.05) is 11.9 Å². The van der Waals surface area contributed by atoms with E-state index in [9.17, 15) is 14.0 Å². The molecule has 3 aromatic carbocycles. The first kappa shape index (κ1) is 20.4. The summed E-state index contributed by atoms with van der Waals surface area (Å²) in [4.78, 5) is 28.4. The van der Waals surface area contributed by atoms with E-state index in [0.717, 1.165) is 28.5 Å². The predicted octanol–water partition coefficient (Wildman–Crippen LogP) is 5.41. The van der Waals surface area contributed by atoms with Gasteiger partial charge in [0.25, 0.3) is 5.91 Å². The highest BCUT2D eigenvalue weighted by Crippen LogP contribution is 2.27. The lowest BCUT2D eigenvalue weighted by atomic mass is 10.0. The molecule has 154 valence electrons. The Morgan fingerprint density at radius 3 is 2.35 bits per heavy atom. The Morgan fingerprint density at radius 2 is 1.61 bits per heavy atom. The van der Waals surface area contributed by atoms with E-state index in [1.54, 1.807) is 0 Å². The van der Waals surface area contributed by atoms with Crippen LogP contribution in [0.1, 0.15) is 10.4 Å². The van der Waals surface area contributed by atoms with Gasteiger partial charge in [-0.3, -0.25) is 10.1 Å². The zero-order valence-electron chi connectivity index (χ0n) is 16.2. The molecule has 1 aromatic heterocycles. The molecule has 0 aliphatic heterocycles. The van der Waals surface area contributed by atoms with Crippen molar-refractivity contribution >= 4 is 28.3 Å². The van der Waals surface area contributed by atoms with Crippen LogP contribution in [-0.4, -0.2) is 23.5 Å². The molecule has 4 aromatic rings. The van der Waals surface area contributed by atoms with Crippen molar-refractivity contribution in [2.45, 2.75) is 0 Å². The summed E-state index contributed by atoms with van der Waals surface area (Å²) in [6.07, 6.45) is 0. The van der Waals surface area contributed by atoms with Gasteiger partial charge in [-0.2, -0.15) is 0 Å². The Morgan fingerprint density at radius 1 is 0.903 bits per heavy atom. The standard InChI is InChI=1S/C24H17FN2O3S/c25-20-8-4-7-19(13-20)23(29)30-14-22(28)27-24-26-21(15-31-24)18-11-9-17(10-12-18)16-5-2-1-3-6-16/h1-13,15H,14H2,(H,26,27,28). The van der Waals surface area contributed by atoms with Gasteiger partial charge in [-0.1, -0.05) is 60.7 Å². The minimum Gasteiger partial charge on any atom is -0.452 e. The van der Waals surface area contributed by atoms with Crippen molar-refractivity contribution in [3.63, 3.8) is 0 Å². The number of amides is 1. The van der Waals surface area contributed by atoms with Crippen LogP contribution in [-0.2, 0) is 9.53 Å². The largest absolute Gasteiger partial charge is 0.452 e. The fourth-order valence-electron chi connectivity index (χ4n) is 2.91. The molecule has 0 saturated carbocycles. The normalized spacial score (nSPS) is 10.5. The third-order valence-electron chi connectivity index (χ3n) is 4.43. The van der Waals surface area contributed by atoms with Crippen LogP contribution in [0.15, 0.2) is 84.2 Å². The third kappa shape index (κ3) is 5.21. The second kappa shape index (κ2) is 9.32. The first-order chi connectivity index (χ1) is 15.1. The highest BCUT2D eigenvalue weighted by Gasteiger charge is 2.13. The lowest BCUT2D eigenvalue weighted by molar-refractivity contribution is -0.119. The molecule has 1 amide bonds. The summed E-state index contributed by atoms with van der Waals surface area (Å²) in [5.74, 6) is -1.84. The highest BCUT2D eigenvalue weighted by molar-refractivity contribution is 7.14. The number of carbonyl (C=O) groups excluding carboxylic acids is 2. The molecule has 0 aliphatic rings. The van der Waals surface area contributed by atoms with Gasteiger partial charge in [-0.15, -0.1) is 11.3 Å². The highest BCUT2D eigenvalue weighted by atomic mass is 32.1. The minimum atomic E-state index is -0.770. The maximum Gasteiger partial charge on any atom is 0.338 e. The lowest BCUT2D eigenvalue weighted by Crippen LogP contribution is -2.20. The van der Waals surface area contributed by atoms with Crippen LogP contribution in [0.5, 0.6) is 0 Å². The van der Waals surface area contributed by atoms with Crippen LogP contribution in [0.2, 0.25) is 0 Å². The Bertz CT molecular complexity index is 1210. The number of rotatable bonds is 6. The van der Waals surface area contributed by atoms with Crippen LogP contribution in [0.3, 0.4) is 0 Å². The van der Waals surface area contributed by atoms with Gasteiger partial charge >= 0.3 is 5.97 Å². The number of thiazole rings is 1. The van der Waals surface area contributed by atoms with Crippen molar-refractivity contribution in [3.8, 4) is 22.4 Å². The number of anilines is 1. The predicted molar refractivity (Wildman–Crippen MR) is 118 cm³/mol. The molecule has 0 aliphatic carbocycles. The maximum atomic E-state index is 13.2. The SMILES string of the molecule is O=C(COC(=O)c1cccc(F)c1)Nc1nc(-c2ccc(-c3ccccc3)cc2)cs1. The summed E-state index contributed by atoms with van der Waals surface area (Å²) < 4.78 is 18.1. The summed E-state index contributed by atoms with van der Waals surface area (Å²) in [6.45, 7) is -0.490. The van der Waals surface area contributed by atoms with E-state index in [0.29, 0.717) is 5.13 Å². The number of esters is 1. The van der Waals surface area contributed by atoms with Gasteiger partial charge in [0.1, 0.15) is 5.82 Å². The van der Waals surface area contributed by atoms with E-state index < -0.39 is 24.3 Å². The quantitative estimate of drug-likeness (QED) is 0.414. The summed E-state index contributed by atoms with van der Waals surface area (Å²) in [5.41, 5.74) is 3.94. The number of carbonyl (C=O) groups is 2. The molecule has 0 bridgehead atoms. The van der Waals surface area contributed by atoms with Crippen LogP contribution in [0, 0.1) is 5.82 Å². The Balaban J connectivity index is 1.34. The van der Waals surface area contributed by atoms with Crippen LogP contribution >= 0.6 is 11.3 Å². The fraction of sp³-hybridized carbons (Fsp3) is 0.0417. The van der Waals surface area contributed by atoms with Crippen molar-refractivity contribution in [1.29, 1.82) is 0 Å². The minimum absolute atomic E-state index is 0.0447. The average molecular weight is 432 g/mol. The topological polar surface area (TPSA) is 68.3 Å². The van der Waals surface area contributed by atoms with Gasteiger partial charge in [0, 0.05) is 10.9 Å². The molecule has 4 rings (SSSR count). The van der Waals surface area contributed by atoms with E-state index in [1.807, 2.05) is 60.0 Å². The molecule has 0 saturated heterocycles. The zero-order chi connectivity index (χ0) is 21.6. The number of hydrogen-bond donors (Lipinski definition) is 1. The molecule has 0 spiro atoms. The fourth-order valence-corrected chi connectivity index (χ4v) is 3.65. The van der Waals surface area contributed by atoms with Crippen molar-refractivity contribution in [1.82, 2.24) is 4.98 Å². The summed E-state index contributed by atoms with van der Waals surface area (Å²) >= 11 is 1.27. The number of hydrogen-bond acceptors (Lipinski definition) is 5. The number of ether oxygens (including phenoxy) is 1. The summed E-state index contributed by atoms with van der Waals surface area (Å²) in [6, 6.07) is 23.1. The first-order valence-electron chi connectivity index (χ1n) is 9.42. The van der Waals surface area contributed by atoms with Gasteiger partial charge < -0.3 is 4.74 Å². The second-order valence-electron chi connectivity index (χ2n) is 6.62. The van der Waals surface area contributed by atoms with Gasteiger partial charge in [-0.05, 0) is 29.3 Å². The van der Waals surface area contributed by atoms with Crippen LogP contribution < -0.4 is 5.32 Å². The number of nitrogens with one attached hydrogen (secondary N) is 1. The second-order valence-corrected chi connectivity index (χ2v) is 7.47. The van der Waals surface area contributed by atoms with E-state index in [2.05, 4.69) is 10.3 Å². The number of halogens is 1. The Kier molecular flexibility index (Phi) is 6.14. The molecule has 1 heterocycles. The number of aromatic nitrogens is 1. The van der Waals surface area contributed by atoms with E-state index >= 15 is 0 Å². The average Bonchev–Trinajstić information content (AvgIpc) is 3.26. The van der Waals surface area contributed by atoms with Gasteiger partial charge in [-0.25, -0.2) is 14.2 Å². The molecular formula is C24H17FN2O3S. The van der Waals surface area contributed by atoms with E-state index in [1.165, 1.54) is 29.5 Å². The Labute approximate surface area is 182 Å². The zero-order valence-corrected chi connectivity index (χ0v) is 17.1. The molecule has 31 heavy (non-hydrogen) atoms. The van der Waals surface area contributed by atoms with Gasteiger partial charge in [0.15, 0.2) is 11.7 Å². The summed E-state index contributed by atoms with van der Waals surface area (Å²) in [5, 5.41) is 4.84. The van der Waals surface area contributed by atoms with Crippen molar-refractivity contribution in [3.05, 3.63) is 95.6 Å². The molecule has 0 unspecified atom stereocenters. The molecule has 1 N–H and O–H groups in total. The van der Waals surface area contributed by atoms with Crippen LogP contribution in [0.25, 0.3) is 22.4 Å². The smallest absolute Gasteiger partial charge is 0.338 e. The molecule has 7 heteroatoms. The Hall–Kier alpha value is -3.84. The van der Waals surface area contributed by atoms with Gasteiger partial charge in [0.05, 0.1) is 11.3 Å². The number of nitrogens with zero attached hydrogens (tertiary/aromatic N) is 1. The lowest BCUT2D eigenvalue weighted by Gasteiger charge is -2.05. The number of benzene rings is 3. The van der Waals surface area contributed by atoms with Gasteiger partial charge in [0.2, 0.25) is 0 Å². The van der Waals surface area contributed by atoms with Crippen LogP contribution in [0.4, 0.5) is 9.52 Å². The maximum absolute atomic E-state index is 13.2. The summed E-state index contributed by atoms with van der Waals surface area (Å²) in [7, 11) is 0. The third-order valence-corrected chi connectivity index (χ3v) is 5.19. The van der Waals surface area contributed by atoms with E-state index in [4.69, 9.17) is 4.74 Å². The molecule has 5 nitrogen and oxygen atoms in total.